The molecule has 0 aromatic heterocycles. The van der Waals surface area contributed by atoms with Crippen LogP contribution in [0.4, 0.5) is 0 Å². The van der Waals surface area contributed by atoms with Crippen LogP contribution in [0.2, 0.25) is 13.1 Å². The minimum atomic E-state index is 0. The second-order valence-electron chi connectivity index (χ2n) is 4.49. The summed E-state index contributed by atoms with van der Waals surface area (Å²) in [5.41, 5.74) is 6.23. The Labute approximate surface area is 148 Å². The van der Waals surface area contributed by atoms with Crippen LogP contribution < -0.4 is 24.8 Å². The fourth-order valence-corrected chi connectivity index (χ4v) is 3.47. The van der Waals surface area contributed by atoms with E-state index in [0.29, 0.717) is 9.52 Å². The summed E-state index contributed by atoms with van der Waals surface area (Å²) in [7, 11) is 0.417. The summed E-state index contributed by atoms with van der Waals surface area (Å²) >= 11 is 1.63. The zero-order chi connectivity index (χ0) is 12.8. The van der Waals surface area contributed by atoms with E-state index in [1.165, 1.54) is 17.5 Å². The Balaban J connectivity index is 0. The van der Waals surface area contributed by atoms with Gasteiger partial charge in [-0.2, -0.15) is 0 Å². The summed E-state index contributed by atoms with van der Waals surface area (Å²) in [4.78, 5) is 0. The molecule has 0 saturated heterocycles. The fraction of sp³-hybridized carbons (Fsp3) is 0.467. The predicted molar refractivity (Wildman–Crippen MR) is 77.1 cm³/mol. The molecule has 105 valence electrons. The number of rotatable bonds is 2. The Morgan fingerprint density at radius 3 is 2.16 bits per heavy atom. The third-order valence-electron chi connectivity index (χ3n) is 3.03. The third-order valence-corrected chi connectivity index (χ3v) is 4.71. The third kappa shape index (κ3) is 5.50. The SMILES string of the molecule is CCC1=Cc2c(CC)cccc2[CH]1[Zr+2].C[SiH2]C.[Cl-].[Cl-]. The van der Waals surface area contributed by atoms with Gasteiger partial charge in [0.2, 0.25) is 0 Å². The minimum Gasteiger partial charge on any atom is -1.00 e. The summed E-state index contributed by atoms with van der Waals surface area (Å²) in [6.07, 6.45) is 4.78. The predicted octanol–water partition coefficient (Wildman–Crippen LogP) is -2.10. The molecule has 1 atom stereocenters. The molecule has 0 radical (unpaired) electrons. The van der Waals surface area contributed by atoms with Crippen molar-refractivity contribution in [2.75, 3.05) is 0 Å². The normalized spacial score (nSPS) is 15.3. The number of allylic oxidation sites excluding steroid dienone is 1. The van der Waals surface area contributed by atoms with Gasteiger partial charge < -0.3 is 24.8 Å². The molecule has 1 aliphatic rings. The molecular weight excluding hydrogens is 370 g/mol. The van der Waals surface area contributed by atoms with Crippen LogP contribution in [0.5, 0.6) is 0 Å². The Kier molecular flexibility index (Phi) is 13.1. The molecule has 1 unspecified atom stereocenters. The smallest absolute Gasteiger partial charge is 0.0135 e. The number of halogens is 2. The van der Waals surface area contributed by atoms with E-state index in [-0.39, 0.29) is 24.8 Å². The quantitative estimate of drug-likeness (QED) is 0.506. The summed E-state index contributed by atoms with van der Waals surface area (Å²) < 4.78 is 0.730. The molecule has 2 rings (SSSR count). The zero-order valence-electron chi connectivity index (χ0n) is 12.3. The van der Waals surface area contributed by atoms with E-state index in [1.54, 1.807) is 35.9 Å². The largest absolute Gasteiger partial charge is 1.00 e. The average Bonchev–Trinajstić information content (AvgIpc) is 2.67. The van der Waals surface area contributed by atoms with Crippen molar-refractivity contribution in [1.82, 2.24) is 0 Å². The van der Waals surface area contributed by atoms with Crippen molar-refractivity contribution >= 4 is 15.6 Å². The molecule has 0 saturated carbocycles. The van der Waals surface area contributed by atoms with E-state index in [4.69, 9.17) is 0 Å². The molecule has 1 aliphatic carbocycles. The van der Waals surface area contributed by atoms with Crippen LogP contribution in [-0.4, -0.2) is 9.52 Å². The maximum Gasteiger partial charge on any atom is 0.0135 e. The van der Waals surface area contributed by atoms with Crippen LogP contribution in [-0.2, 0) is 31.1 Å². The Hall–Kier alpha value is 0.640. The summed E-state index contributed by atoms with van der Waals surface area (Å²) in [5, 5.41) is 0. The van der Waals surface area contributed by atoms with E-state index in [9.17, 15) is 0 Å². The minimum absolute atomic E-state index is 0. The number of aryl methyl sites for hydroxylation is 1. The van der Waals surface area contributed by atoms with Crippen LogP contribution in [0, 0.1) is 0 Å². The Bertz CT molecular complexity index is 405. The standard InChI is InChI=1S/C13H15.C2H8Si.2ClH.Zr/c1-3-10-8-12-7-5-6-11(4-2)13(12)9-10;1-3-2;;;/h5-9H,3-4H2,1-2H3;3H2,1-2H3;2*1H;/q;;;;+2/p-2. The van der Waals surface area contributed by atoms with Gasteiger partial charge in [0.05, 0.1) is 0 Å². The van der Waals surface area contributed by atoms with Gasteiger partial charge in [0.1, 0.15) is 0 Å². The summed E-state index contributed by atoms with van der Waals surface area (Å²) in [6, 6.07) is 6.77. The Morgan fingerprint density at radius 1 is 1.11 bits per heavy atom. The molecule has 0 nitrogen and oxygen atoms in total. The van der Waals surface area contributed by atoms with Crippen LogP contribution in [0.25, 0.3) is 6.08 Å². The van der Waals surface area contributed by atoms with E-state index in [0.717, 1.165) is 10.0 Å². The van der Waals surface area contributed by atoms with Gasteiger partial charge in [-0.15, -0.1) is 0 Å². The molecule has 0 N–H and O–H groups in total. The zero-order valence-corrected chi connectivity index (χ0v) is 17.6. The van der Waals surface area contributed by atoms with E-state index < -0.39 is 0 Å². The van der Waals surface area contributed by atoms with Gasteiger partial charge in [-0.05, 0) is 0 Å². The van der Waals surface area contributed by atoms with Crippen molar-refractivity contribution in [3.05, 3.63) is 40.5 Å². The maximum atomic E-state index is 2.42. The Morgan fingerprint density at radius 2 is 1.68 bits per heavy atom. The molecule has 0 amide bonds. The molecule has 1 aromatic carbocycles. The van der Waals surface area contributed by atoms with E-state index in [1.807, 2.05) is 0 Å². The van der Waals surface area contributed by atoms with Gasteiger partial charge >= 0.3 is 102 Å². The van der Waals surface area contributed by atoms with Gasteiger partial charge in [0.25, 0.3) is 0 Å². The van der Waals surface area contributed by atoms with Crippen LogP contribution in [0.15, 0.2) is 23.8 Å². The van der Waals surface area contributed by atoms with Gasteiger partial charge in [-0.3, -0.25) is 0 Å². The second-order valence-corrected chi connectivity index (χ2v) is 7.32. The monoisotopic (exact) mass is 391 g/mol. The van der Waals surface area contributed by atoms with Crippen LogP contribution in [0.1, 0.15) is 40.6 Å². The first kappa shape index (κ1) is 21.9. The second kappa shape index (κ2) is 11.3. The van der Waals surface area contributed by atoms with Crippen molar-refractivity contribution < 1.29 is 49.5 Å². The number of benzene rings is 1. The summed E-state index contributed by atoms with van der Waals surface area (Å²) in [6.45, 7) is 9.03. The molecular formula is C15H23Cl2SiZr. The number of hydrogen-bond acceptors (Lipinski definition) is 0. The van der Waals surface area contributed by atoms with Gasteiger partial charge in [0.15, 0.2) is 0 Å². The first-order valence-electron chi connectivity index (χ1n) is 6.72. The molecule has 0 fully saturated rings. The van der Waals surface area contributed by atoms with Gasteiger partial charge in [-0.1, -0.05) is 13.1 Å². The van der Waals surface area contributed by atoms with E-state index in [2.05, 4.69) is 51.2 Å². The van der Waals surface area contributed by atoms with Gasteiger partial charge in [0, 0.05) is 9.52 Å². The number of hydrogen-bond donors (Lipinski definition) is 0. The van der Waals surface area contributed by atoms with Crippen molar-refractivity contribution in [2.24, 2.45) is 0 Å². The van der Waals surface area contributed by atoms with Crippen molar-refractivity contribution in [3.8, 4) is 0 Å². The van der Waals surface area contributed by atoms with E-state index >= 15 is 0 Å². The summed E-state index contributed by atoms with van der Waals surface area (Å²) in [5.74, 6) is 0. The fourth-order valence-electron chi connectivity index (χ4n) is 2.14. The molecule has 0 bridgehead atoms. The first-order valence-corrected chi connectivity index (χ1v) is 11.0. The molecule has 0 heterocycles. The molecule has 4 heteroatoms. The van der Waals surface area contributed by atoms with Crippen molar-refractivity contribution in [3.63, 3.8) is 0 Å². The molecule has 19 heavy (non-hydrogen) atoms. The first-order chi connectivity index (χ1) is 8.19. The maximum absolute atomic E-state index is 2.42. The average molecular weight is 394 g/mol. The van der Waals surface area contributed by atoms with Crippen molar-refractivity contribution in [2.45, 2.75) is 43.4 Å². The molecule has 0 spiro atoms. The topological polar surface area (TPSA) is 0 Å². The molecule has 0 aliphatic heterocycles. The van der Waals surface area contributed by atoms with Crippen molar-refractivity contribution in [1.29, 1.82) is 0 Å². The van der Waals surface area contributed by atoms with Crippen LogP contribution in [0.3, 0.4) is 0 Å². The van der Waals surface area contributed by atoms with Gasteiger partial charge in [-0.25, -0.2) is 0 Å². The molecule has 1 aromatic rings. The van der Waals surface area contributed by atoms with Crippen LogP contribution >= 0.6 is 0 Å². The number of fused-ring (bicyclic) bond motifs is 1.